The van der Waals surface area contributed by atoms with Crippen molar-refractivity contribution in [2.75, 3.05) is 10.7 Å². The van der Waals surface area contributed by atoms with Crippen molar-refractivity contribution in [2.24, 2.45) is 0 Å². The standard InChI is InChI=1S/C18H13F3N2OS/c1-11-5-6-15(8-13(11)9-22)23-16(24)10-25-17(23)12-3-2-4-14(7-12)18(19,20)21/h2-8,17H,10H2,1H3. The van der Waals surface area contributed by atoms with Crippen LogP contribution in [0, 0.1) is 18.3 Å². The molecule has 0 aromatic heterocycles. The van der Waals surface area contributed by atoms with Gasteiger partial charge in [-0.05, 0) is 42.3 Å². The van der Waals surface area contributed by atoms with E-state index in [2.05, 4.69) is 6.07 Å². The van der Waals surface area contributed by atoms with Crippen LogP contribution in [0.2, 0.25) is 0 Å². The molecule has 1 unspecified atom stereocenters. The quantitative estimate of drug-likeness (QED) is 0.780. The maximum Gasteiger partial charge on any atom is 0.416 e. The van der Waals surface area contributed by atoms with E-state index in [9.17, 15) is 23.2 Å². The molecular weight excluding hydrogens is 349 g/mol. The van der Waals surface area contributed by atoms with Gasteiger partial charge < -0.3 is 0 Å². The third-order valence-electron chi connectivity index (χ3n) is 3.99. The van der Waals surface area contributed by atoms with Gasteiger partial charge in [-0.1, -0.05) is 18.2 Å². The van der Waals surface area contributed by atoms with Crippen LogP contribution in [-0.4, -0.2) is 11.7 Å². The molecular formula is C18H13F3N2OS. The fraction of sp³-hybridized carbons (Fsp3) is 0.222. The summed E-state index contributed by atoms with van der Waals surface area (Å²) in [4.78, 5) is 13.8. The predicted octanol–water partition coefficient (Wildman–Crippen LogP) is 4.66. The Balaban J connectivity index is 2.03. The molecule has 0 spiro atoms. The van der Waals surface area contributed by atoms with E-state index >= 15 is 0 Å². The van der Waals surface area contributed by atoms with Crippen LogP contribution in [0.25, 0.3) is 0 Å². The molecule has 0 N–H and O–H groups in total. The van der Waals surface area contributed by atoms with E-state index in [4.69, 9.17) is 0 Å². The zero-order valence-electron chi connectivity index (χ0n) is 13.2. The minimum atomic E-state index is -4.44. The average molecular weight is 362 g/mol. The first-order valence-electron chi connectivity index (χ1n) is 7.43. The van der Waals surface area contributed by atoms with Crippen molar-refractivity contribution < 1.29 is 18.0 Å². The Kier molecular flexibility index (Phi) is 4.48. The number of carbonyl (C=O) groups excluding carboxylic acids is 1. The van der Waals surface area contributed by atoms with Crippen LogP contribution in [0.4, 0.5) is 18.9 Å². The highest BCUT2D eigenvalue weighted by atomic mass is 32.2. The number of hydrogen-bond acceptors (Lipinski definition) is 3. The summed E-state index contributed by atoms with van der Waals surface area (Å²) in [5, 5.41) is 8.62. The van der Waals surface area contributed by atoms with Crippen molar-refractivity contribution in [3.8, 4) is 6.07 Å². The lowest BCUT2D eigenvalue weighted by Gasteiger charge is -2.25. The number of carbonyl (C=O) groups is 1. The molecule has 25 heavy (non-hydrogen) atoms. The Morgan fingerprint density at radius 1 is 1.24 bits per heavy atom. The van der Waals surface area contributed by atoms with Crippen LogP contribution in [0.15, 0.2) is 42.5 Å². The van der Waals surface area contributed by atoms with E-state index in [1.807, 2.05) is 0 Å². The molecule has 2 aromatic carbocycles. The van der Waals surface area contributed by atoms with Crippen LogP contribution in [0.3, 0.4) is 0 Å². The van der Waals surface area contributed by atoms with Crippen LogP contribution < -0.4 is 4.90 Å². The normalized spacial score (nSPS) is 17.6. The number of nitriles is 1. The first-order chi connectivity index (χ1) is 11.8. The number of aryl methyl sites for hydroxylation is 1. The van der Waals surface area contributed by atoms with Crippen molar-refractivity contribution in [2.45, 2.75) is 18.5 Å². The number of hydrogen-bond donors (Lipinski definition) is 0. The summed E-state index contributed by atoms with van der Waals surface area (Å²) < 4.78 is 38.9. The number of amides is 1. The van der Waals surface area contributed by atoms with Gasteiger partial charge in [0.05, 0.1) is 22.9 Å². The highest BCUT2D eigenvalue weighted by molar-refractivity contribution is 8.00. The third kappa shape index (κ3) is 3.35. The SMILES string of the molecule is Cc1ccc(N2C(=O)CSC2c2cccc(C(F)(F)F)c2)cc1C#N. The Morgan fingerprint density at radius 3 is 2.68 bits per heavy atom. The number of nitrogens with zero attached hydrogens (tertiary/aromatic N) is 2. The van der Waals surface area contributed by atoms with E-state index in [1.54, 1.807) is 31.2 Å². The molecule has 1 atom stereocenters. The van der Waals surface area contributed by atoms with Crippen LogP contribution in [0.5, 0.6) is 0 Å². The van der Waals surface area contributed by atoms with Gasteiger partial charge in [0, 0.05) is 5.69 Å². The maximum absolute atomic E-state index is 13.0. The second-order valence-corrected chi connectivity index (χ2v) is 6.73. The van der Waals surface area contributed by atoms with Crippen LogP contribution >= 0.6 is 11.8 Å². The fourth-order valence-electron chi connectivity index (χ4n) is 2.70. The lowest BCUT2D eigenvalue weighted by molar-refractivity contribution is -0.137. The highest BCUT2D eigenvalue weighted by Crippen LogP contribution is 2.43. The third-order valence-corrected chi connectivity index (χ3v) is 5.20. The molecule has 0 bridgehead atoms. The van der Waals surface area contributed by atoms with E-state index in [0.717, 1.165) is 17.7 Å². The first kappa shape index (κ1) is 17.4. The largest absolute Gasteiger partial charge is 0.416 e. The fourth-order valence-corrected chi connectivity index (χ4v) is 3.87. The summed E-state index contributed by atoms with van der Waals surface area (Å²) in [6.45, 7) is 1.78. The summed E-state index contributed by atoms with van der Waals surface area (Å²) in [6, 6.07) is 12.1. The second kappa shape index (κ2) is 6.45. The number of thioether (sulfide) groups is 1. The molecule has 3 rings (SSSR count). The number of halogens is 3. The smallest absolute Gasteiger partial charge is 0.295 e. The van der Waals surface area contributed by atoms with Crippen LogP contribution in [0.1, 0.15) is 27.6 Å². The maximum atomic E-state index is 13.0. The minimum absolute atomic E-state index is 0.177. The van der Waals surface area contributed by atoms with Gasteiger partial charge in [0.25, 0.3) is 0 Å². The van der Waals surface area contributed by atoms with Gasteiger partial charge in [-0.25, -0.2) is 0 Å². The van der Waals surface area contributed by atoms with Crippen molar-refractivity contribution in [3.63, 3.8) is 0 Å². The predicted molar refractivity (Wildman–Crippen MR) is 90.0 cm³/mol. The second-order valence-electron chi connectivity index (χ2n) is 5.66. The summed E-state index contributed by atoms with van der Waals surface area (Å²) in [5.74, 6) is -0.0170. The van der Waals surface area contributed by atoms with E-state index in [0.29, 0.717) is 16.8 Å². The molecule has 0 aliphatic carbocycles. The zero-order chi connectivity index (χ0) is 18.2. The van der Waals surface area contributed by atoms with E-state index in [1.165, 1.54) is 22.7 Å². The molecule has 1 aliphatic heterocycles. The molecule has 1 aliphatic rings. The van der Waals surface area contributed by atoms with Gasteiger partial charge in [0.2, 0.25) is 5.91 Å². The van der Waals surface area contributed by atoms with Gasteiger partial charge in [0.1, 0.15) is 5.37 Å². The number of rotatable bonds is 2. The van der Waals surface area contributed by atoms with E-state index < -0.39 is 17.1 Å². The molecule has 0 saturated carbocycles. The zero-order valence-corrected chi connectivity index (χ0v) is 14.0. The Hall–Kier alpha value is -2.46. The summed E-state index contributed by atoms with van der Waals surface area (Å²) in [6.07, 6.45) is -4.44. The molecule has 2 aromatic rings. The molecule has 1 saturated heterocycles. The van der Waals surface area contributed by atoms with Gasteiger partial charge >= 0.3 is 6.18 Å². The van der Waals surface area contributed by atoms with Gasteiger partial charge in [-0.15, -0.1) is 11.8 Å². The summed E-state index contributed by atoms with van der Waals surface area (Å²) in [7, 11) is 0. The summed E-state index contributed by atoms with van der Waals surface area (Å²) in [5.41, 5.74) is 1.39. The molecule has 1 fully saturated rings. The average Bonchev–Trinajstić information content (AvgIpc) is 2.96. The Labute approximate surface area is 147 Å². The molecule has 7 heteroatoms. The molecule has 1 heterocycles. The van der Waals surface area contributed by atoms with Gasteiger partial charge in [0.15, 0.2) is 0 Å². The van der Waals surface area contributed by atoms with Crippen LogP contribution in [-0.2, 0) is 11.0 Å². The minimum Gasteiger partial charge on any atom is -0.295 e. The van der Waals surface area contributed by atoms with Crippen molar-refractivity contribution in [1.29, 1.82) is 5.26 Å². The van der Waals surface area contributed by atoms with Gasteiger partial charge in [-0.2, -0.15) is 18.4 Å². The topological polar surface area (TPSA) is 44.1 Å². The Morgan fingerprint density at radius 2 is 2.00 bits per heavy atom. The van der Waals surface area contributed by atoms with Crippen molar-refractivity contribution >= 4 is 23.4 Å². The Bertz CT molecular complexity index is 873. The van der Waals surface area contributed by atoms with Gasteiger partial charge in [-0.3, -0.25) is 9.69 Å². The monoisotopic (exact) mass is 362 g/mol. The van der Waals surface area contributed by atoms with E-state index in [-0.39, 0.29) is 11.7 Å². The highest BCUT2D eigenvalue weighted by Gasteiger charge is 2.36. The summed E-state index contributed by atoms with van der Waals surface area (Å²) >= 11 is 1.27. The number of alkyl halides is 3. The molecule has 0 radical (unpaired) electrons. The van der Waals surface area contributed by atoms with Crippen molar-refractivity contribution in [3.05, 3.63) is 64.7 Å². The number of benzene rings is 2. The van der Waals surface area contributed by atoms with Crippen molar-refractivity contribution in [1.82, 2.24) is 0 Å². The molecule has 3 nitrogen and oxygen atoms in total. The first-order valence-corrected chi connectivity index (χ1v) is 8.47. The number of anilines is 1. The lowest BCUT2D eigenvalue weighted by Crippen LogP contribution is -2.28. The lowest BCUT2D eigenvalue weighted by atomic mass is 10.1. The molecule has 1 amide bonds. The molecule has 128 valence electrons.